The number of benzene rings is 1. The largest absolute Gasteiger partial charge is 0.465 e. The number of aromatic nitrogens is 1. The molecule has 23 heavy (non-hydrogen) atoms. The topological polar surface area (TPSA) is 67.4 Å². The van der Waals surface area contributed by atoms with Gasteiger partial charge in [-0.05, 0) is 47.4 Å². The van der Waals surface area contributed by atoms with Gasteiger partial charge in [-0.2, -0.15) is 0 Å². The van der Waals surface area contributed by atoms with E-state index in [1.54, 1.807) is 24.5 Å². The molecule has 0 radical (unpaired) electrons. The molecule has 5 heteroatoms. The fourth-order valence-corrected chi connectivity index (χ4v) is 2.43. The van der Waals surface area contributed by atoms with Gasteiger partial charge in [-0.25, -0.2) is 0 Å². The molecule has 2 aromatic heterocycles. The van der Waals surface area contributed by atoms with E-state index in [2.05, 4.69) is 5.32 Å². The molecule has 1 amide bonds. The van der Waals surface area contributed by atoms with E-state index < -0.39 is 6.10 Å². The number of furan rings is 1. The van der Waals surface area contributed by atoms with Crippen molar-refractivity contribution in [3.8, 4) is 0 Å². The molecule has 0 saturated carbocycles. The van der Waals surface area contributed by atoms with E-state index in [1.165, 1.54) is 6.08 Å². The molecule has 0 saturated heterocycles. The highest BCUT2D eigenvalue weighted by atomic mass is 16.3. The summed E-state index contributed by atoms with van der Waals surface area (Å²) in [6, 6.07) is 11.3. The summed E-state index contributed by atoms with van der Waals surface area (Å²) >= 11 is 0. The summed E-state index contributed by atoms with van der Waals surface area (Å²) in [6.45, 7) is 0.152. The standard InChI is InChI=1S/C18H18N2O3/c1-20-9-8-13-11-14(4-6-16(13)20)17(21)12-19-18(22)7-5-15-3-2-10-23-15/h2-11,17,21H,12H2,1H3,(H,19,22)/b7-5+/t17-/m1/s1. The summed E-state index contributed by atoms with van der Waals surface area (Å²) in [4.78, 5) is 11.7. The summed E-state index contributed by atoms with van der Waals surface area (Å²) in [7, 11) is 1.98. The normalized spacial score (nSPS) is 12.8. The number of aliphatic hydroxyl groups is 1. The SMILES string of the molecule is Cn1ccc2cc([C@H](O)CNC(=O)/C=C/c3ccco3)ccc21. The summed E-state index contributed by atoms with van der Waals surface area (Å²) in [5, 5.41) is 14.0. The highest BCUT2D eigenvalue weighted by Gasteiger charge is 2.10. The first kappa shape index (κ1) is 15.1. The molecule has 0 aliphatic rings. The van der Waals surface area contributed by atoms with Crippen molar-refractivity contribution in [2.75, 3.05) is 6.54 Å². The molecule has 0 spiro atoms. The number of amides is 1. The Kier molecular flexibility index (Phi) is 4.30. The second-order valence-corrected chi connectivity index (χ2v) is 5.35. The lowest BCUT2D eigenvalue weighted by molar-refractivity contribution is -0.116. The Hall–Kier alpha value is -2.79. The predicted octanol–water partition coefficient (Wildman–Crippen LogP) is 2.63. The molecule has 0 unspecified atom stereocenters. The number of hydrogen-bond acceptors (Lipinski definition) is 3. The fourth-order valence-electron chi connectivity index (χ4n) is 2.43. The molecule has 0 aliphatic heterocycles. The van der Waals surface area contributed by atoms with Gasteiger partial charge in [0.1, 0.15) is 5.76 Å². The second kappa shape index (κ2) is 6.54. The van der Waals surface area contributed by atoms with Gasteiger partial charge in [0, 0.05) is 31.4 Å². The van der Waals surface area contributed by atoms with Crippen molar-refractivity contribution in [1.29, 1.82) is 0 Å². The molecule has 0 bridgehead atoms. The quantitative estimate of drug-likeness (QED) is 0.712. The van der Waals surface area contributed by atoms with Crippen LogP contribution < -0.4 is 5.32 Å². The highest BCUT2D eigenvalue weighted by Crippen LogP contribution is 2.20. The van der Waals surface area contributed by atoms with E-state index in [4.69, 9.17) is 4.42 Å². The zero-order valence-electron chi connectivity index (χ0n) is 12.8. The van der Waals surface area contributed by atoms with Gasteiger partial charge in [0.2, 0.25) is 5.91 Å². The van der Waals surface area contributed by atoms with E-state index in [9.17, 15) is 9.90 Å². The second-order valence-electron chi connectivity index (χ2n) is 5.35. The van der Waals surface area contributed by atoms with Crippen LogP contribution in [0.25, 0.3) is 17.0 Å². The average Bonchev–Trinajstić information content (AvgIpc) is 3.20. The van der Waals surface area contributed by atoms with E-state index in [1.807, 2.05) is 42.1 Å². The number of rotatable bonds is 5. The molecule has 2 N–H and O–H groups in total. The van der Waals surface area contributed by atoms with Crippen molar-refractivity contribution in [3.05, 3.63) is 66.3 Å². The summed E-state index contributed by atoms with van der Waals surface area (Å²) in [5.41, 5.74) is 1.88. The lowest BCUT2D eigenvalue weighted by Crippen LogP contribution is -2.26. The third kappa shape index (κ3) is 3.52. The molecule has 3 aromatic rings. The van der Waals surface area contributed by atoms with Crippen LogP contribution in [0.3, 0.4) is 0 Å². The van der Waals surface area contributed by atoms with Gasteiger partial charge in [-0.1, -0.05) is 6.07 Å². The fraction of sp³-hybridized carbons (Fsp3) is 0.167. The maximum absolute atomic E-state index is 11.7. The average molecular weight is 310 g/mol. The molecule has 5 nitrogen and oxygen atoms in total. The van der Waals surface area contributed by atoms with Gasteiger partial charge in [0.25, 0.3) is 0 Å². The molecule has 3 rings (SSSR count). The Morgan fingerprint density at radius 3 is 3.04 bits per heavy atom. The van der Waals surface area contributed by atoms with E-state index >= 15 is 0 Å². The van der Waals surface area contributed by atoms with Crippen LogP contribution in [0.1, 0.15) is 17.4 Å². The Morgan fingerprint density at radius 2 is 2.26 bits per heavy atom. The lowest BCUT2D eigenvalue weighted by Gasteiger charge is -2.11. The zero-order valence-corrected chi connectivity index (χ0v) is 12.8. The number of nitrogens with one attached hydrogen (secondary N) is 1. The minimum Gasteiger partial charge on any atom is -0.465 e. The Morgan fingerprint density at radius 1 is 1.39 bits per heavy atom. The number of carbonyl (C=O) groups is 1. The van der Waals surface area contributed by atoms with Crippen LogP contribution in [0.2, 0.25) is 0 Å². The van der Waals surface area contributed by atoms with Crippen LogP contribution in [0, 0.1) is 0 Å². The number of nitrogens with zero attached hydrogens (tertiary/aromatic N) is 1. The summed E-state index contributed by atoms with van der Waals surface area (Å²) in [6.07, 6.45) is 5.73. The molecule has 118 valence electrons. The minimum atomic E-state index is -0.749. The Labute approximate surface area is 133 Å². The number of fused-ring (bicyclic) bond motifs is 1. The summed E-state index contributed by atoms with van der Waals surface area (Å²) in [5.74, 6) is 0.330. The smallest absolute Gasteiger partial charge is 0.244 e. The first-order valence-electron chi connectivity index (χ1n) is 7.36. The predicted molar refractivity (Wildman–Crippen MR) is 88.6 cm³/mol. The van der Waals surface area contributed by atoms with Crippen LogP contribution in [-0.4, -0.2) is 22.1 Å². The number of aliphatic hydroxyl groups excluding tert-OH is 1. The first-order chi connectivity index (χ1) is 11.1. The third-order valence-corrected chi connectivity index (χ3v) is 3.71. The van der Waals surface area contributed by atoms with Crippen molar-refractivity contribution < 1.29 is 14.3 Å². The van der Waals surface area contributed by atoms with Gasteiger partial charge in [0.05, 0.1) is 12.4 Å². The Bertz CT molecular complexity index is 831. The van der Waals surface area contributed by atoms with E-state index in [0.717, 1.165) is 16.5 Å². The molecule has 2 heterocycles. The highest BCUT2D eigenvalue weighted by molar-refractivity contribution is 5.91. The minimum absolute atomic E-state index is 0.152. The van der Waals surface area contributed by atoms with Crippen LogP contribution >= 0.6 is 0 Å². The molecular formula is C18H18N2O3. The molecular weight excluding hydrogens is 292 g/mol. The van der Waals surface area contributed by atoms with Gasteiger partial charge >= 0.3 is 0 Å². The van der Waals surface area contributed by atoms with Gasteiger partial charge < -0.3 is 19.4 Å². The van der Waals surface area contributed by atoms with Gasteiger partial charge in [-0.3, -0.25) is 4.79 Å². The van der Waals surface area contributed by atoms with Gasteiger partial charge in [0.15, 0.2) is 0 Å². The van der Waals surface area contributed by atoms with Crippen LogP contribution in [-0.2, 0) is 11.8 Å². The van der Waals surface area contributed by atoms with Crippen LogP contribution in [0.4, 0.5) is 0 Å². The Balaban J connectivity index is 1.59. The lowest BCUT2D eigenvalue weighted by atomic mass is 10.1. The van der Waals surface area contributed by atoms with E-state index in [-0.39, 0.29) is 12.5 Å². The molecule has 1 aromatic carbocycles. The number of carbonyl (C=O) groups excluding carboxylic acids is 1. The molecule has 1 atom stereocenters. The van der Waals surface area contributed by atoms with Crippen molar-refractivity contribution in [2.24, 2.45) is 7.05 Å². The maximum atomic E-state index is 11.7. The number of aryl methyl sites for hydroxylation is 1. The van der Waals surface area contributed by atoms with E-state index in [0.29, 0.717) is 5.76 Å². The maximum Gasteiger partial charge on any atom is 0.244 e. The van der Waals surface area contributed by atoms with Crippen molar-refractivity contribution in [3.63, 3.8) is 0 Å². The van der Waals surface area contributed by atoms with Crippen LogP contribution in [0.15, 0.2) is 59.4 Å². The van der Waals surface area contributed by atoms with Crippen molar-refractivity contribution in [2.45, 2.75) is 6.10 Å². The van der Waals surface area contributed by atoms with Crippen molar-refractivity contribution in [1.82, 2.24) is 9.88 Å². The molecule has 0 aliphatic carbocycles. The summed E-state index contributed by atoms with van der Waals surface area (Å²) < 4.78 is 7.12. The third-order valence-electron chi connectivity index (χ3n) is 3.71. The van der Waals surface area contributed by atoms with Crippen molar-refractivity contribution >= 4 is 22.9 Å². The van der Waals surface area contributed by atoms with Crippen LogP contribution in [0.5, 0.6) is 0 Å². The first-order valence-corrected chi connectivity index (χ1v) is 7.36. The molecule has 0 fully saturated rings. The van der Waals surface area contributed by atoms with Gasteiger partial charge in [-0.15, -0.1) is 0 Å². The number of hydrogen-bond donors (Lipinski definition) is 2. The monoisotopic (exact) mass is 310 g/mol. The zero-order chi connectivity index (χ0) is 16.2.